The molecule has 0 aromatic heterocycles. The third-order valence-electron chi connectivity index (χ3n) is 3.13. The van der Waals surface area contributed by atoms with Crippen LogP contribution in [0.15, 0.2) is 18.2 Å². The Morgan fingerprint density at radius 2 is 2.39 bits per heavy atom. The molecule has 1 aromatic carbocycles. The summed E-state index contributed by atoms with van der Waals surface area (Å²) in [5.41, 5.74) is 1.97. The van der Waals surface area contributed by atoms with E-state index in [1.165, 1.54) is 0 Å². The Hall–Kier alpha value is -1.55. The van der Waals surface area contributed by atoms with Crippen molar-refractivity contribution in [1.29, 1.82) is 0 Å². The number of hydrogen-bond donors (Lipinski definition) is 2. The lowest BCUT2D eigenvalue weighted by Gasteiger charge is -2.11. The van der Waals surface area contributed by atoms with Gasteiger partial charge in [-0.1, -0.05) is 19.1 Å². The van der Waals surface area contributed by atoms with Crippen molar-refractivity contribution in [2.45, 2.75) is 32.3 Å². The minimum Gasteiger partial charge on any atom is -0.483 e. The van der Waals surface area contributed by atoms with Crippen LogP contribution in [0.3, 0.4) is 0 Å². The normalized spacial score (nSPS) is 17.3. The average Bonchev–Trinajstić information content (AvgIpc) is 2.76. The highest BCUT2D eigenvalue weighted by Crippen LogP contribution is 2.36. The van der Waals surface area contributed by atoms with Gasteiger partial charge in [-0.2, -0.15) is 0 Å². The summed E-state index contributed by atoms with van der Waals surface area (Å²) in [6.45, 7) is 2.72. The van der Waals surface area contributed by atoms with Crippen LogP contribution in [0.4, 0.5) is 0 Å². The van der Waals surface area contributed by atoms with Crippen molar-refractivity contribution in [3.05, 3.63) is 29.3 Å². The summed E-state index contributed by atoms with van der Waals surface area (Å²) >= 11 is 0. The van der Waals surface area contributed by atoms with Gasteiger partial charge >= 0.3 is 0 Å². The molecule has 0 bridgehead atoms. The Labute approximate surface area is 107 Å². The molecule has 0 saturated heterocycles. The lowest BCUT2D eigenvalue weighted by molar-refractivity contribution is -0.123. The predicted octanol–water partition coefficient (Wildman–Crippen LogP) is 1.57. The molecule has 1 aliphatic carbocycles. The average molecular weight is 249 g/mol. The fourth-order valence-corrected chi connectivity index (χ4v) is 2.19. The van der Waals surface area contributed by atoms with E-state index in [2.05, 4.69) is 5.32 Å². The largest absolute Gasteiger partial charge is 0.483 e. The third kappa shape index (κ3) is 2.82. The van der Waals surface area contributed by atoms with E-state index in [-0.39, 0.29) is 12.5 Å². The lowest BCUT2D eigenvalue weighted by Crippen LogP contribution is -2.29. The lowest BCUT2D eigenvalue weighted by atomic mass is 10.1. The summed E-state index contributed by atoms with van der Waals surface area (Å²) in [5.74, 6) is 0.615. The van der Waals surface area contributed by atoms with Crippen molar-refractivity contribution in [3.8, 4) is 5.75 Å². The van der Waals surface area contributed by atoms with E-state index < -0.39 is 6.10 Å². The van der Waals surface area contributed by atoms with E-state index in [0.29, 0.717) is 6.54 Å². The minimum atomic E-state index is -0.391. The molecule has 4 nitrogen and oxygen atoms in total. The van der Waals surface area contributed by atoms with E-state index in [1.807, 2.05) is 25.1 Å². The highest BCUT2D eigenvalue weighted by molar-refractivity contribution is 5.77. The molecule has 0 heterocycles. The first-order chi connectivity index (χ1) is 8.72. The number of carbonyl (C=O) groups is 1. The zero-order valence-corrected chi connectivity index (χ0v) is 10.6. The second-order valence-electron chi connectivity index (χ2n) is 4.52. The summed E-state index contributed by atoms with van der Waals surface area (Å²) in [7, 11) is 0. The number of rotatable bonds is 5. The van der Waals surface area contributed by atoms with Gasteiger partial charge in [0.25, 0.3) is 5.91 Å². The van der Waals surface area contributed by atoms with Crippen molar-refractivity contribution in [3.63, 3.8) is 0 Å². The Morgan fingerprint density at radius 1 is 1.56 bits per heavy atom. The van der Waals surface area contributed by atoms with Crippen LogP contribution in [0.5, 0.6) is 5.75 Å². The quantitative estimate of drug-likeness (QED) is 0.832. The van der Waals surface area contributed by atoms with Crippen LogP contribution >= 0.6 is 0 Å². The number of benzene rings is 1. The van der Waals surface area contributed by atoms with Crippen molar-refractivity contribution in [2.75, 3.05) is 13.2 Å². The van der Waals surface area contributed by atoms with Crippen LogP contribution in [0.1, 0.15) is 37.0 Å². The van der Waals surface area contributed by atoms with Crippen LogP contribution < -0.4 is 10.1 Å². The summed E-state index contributed by atoms with van der Waals surface area (Å²) in [5, 5.41) is 12.5. The van der Waals surface area contributed by atoms with E-state index in [4.69, 9.17) is 4.74 Å². The number of aliphatic hydroxyl groups excluding tert-OH is 1. The fourth-order valence-electron chi connectivity index (χ4n) is 2.19. The van der Waals surface area contributed by atoms with Gasteiger partial charge in [0.15, 0.2) is 6.61 Å². The zero-order valence-electron chi connectivity index (χ0n) is 10.6. The van der Waals surface area contributed by atoms with Gasteiger partial charge in [0, 0.05) is 12.1 Å². The number of hydrogen-bond acceptors (Lipinski definition) is 3. The van der Waals surface area contributed by atoms with E-state index in [9.17, 15) is 9.90 Å². The first-order valence-electron chi connectivity index (χ1n) is 6.41. The van der Waals surface area contributed by atoms with Gasteiger partial charge < -0.3 is 15.2 Å². The van der Waals surface area contributed by atoms with Crippen LogP contribution in [-0.2, 0) is 11.2 Å². The second kappa shape index (κ2) is 5.87. The van der Waals surface area contributed by atoms with Gasteiger partial charge in [-0.25, -0.2) is 0 Å². The van der Waals surface area contributed by atoms with Gasteiger partial charge in [0.1, 0.15) is 5.75 Å². The highest BCUT2D eigenvalue weighted by atomic mass is 16.5. The van der Waals surface area contributed by atoms with Crippen LogP contribution in [0.25, 0.3) is 0 Å². The van der Waals surface area contributed by atoms with Crippen LogP contribution in [-0.4, -0.2) is 24.2 Å². The molecular weight excluding hydrogens is 230 g/mol. The van der Waals surface area contributed by atoms with Crippen LogP contribution in [0.2, 0.25) is 0 Å². The van der Waals surface area contributed by atoms with Gasteiger partial charge in [0.2, 0.25) is 0 Å². The van der Waals surface area contributed by atoms with E-state index in [0.717, 1.165) is 36.1 Å². The maximum absolute atomic E-state index is 11.5. The molecular formula is C14H19NO3. The number of amides is 1. The van der Waals surface area contributed by atoms with Crippen molar-refractivity contribution < 1.29 is 14.6 Å². The number of nitrogens with one attached hydrogen (secondary N) is 1. The first-order valence-corrected chi connectivity index (χ1v) is 6.41. The van der Waals surface area contributed by atoms with Crippen molar-refractivity contribution in [2.24, 2.45) is 0 Å². The topological polar surface area (TPSA) is 58.6 Å². The molecule has 1 unspecified atom stereocenters. The van der Waals surface area contributed by atoms with Gasteiger partial charge in [-0.05, 0) is 30.9 Å². The summed E-state index contributed by atoms with van der Waals surface area (Å²) in [6, 6.07) is 5.62. The molecule has 18 heavy (non-hydrogen) atoms. The number of ether oxygens (including phenoxy) is 1. The molecule has 1 aliphatic rings. The molecule has 0 saturated carbocycles. The Bertz CT molecular complexity index is 431. The molecule has 2 rings (SSSR count). The monoisotopic (exact) mass is 249 g/mol. The predicted molar refractivity (Wildman–Crippen MR) is 68.5 cm³/mol. The molecule has 2 N–H and O–H groups in total. The van der Waals surface area contributed by atoms with Crippen LogP contribution in [0, 0.1) is 0 Å². The van der Waals surface area contributed by atoms with Crippen molar-refractivity contribution >= 4 is 5.91 Å². The number of aliphatic hydroxyl groups is 1. The second-order valence-corrected chi connectivity index (χ2v) is 4.52. The molecule has 0 radical (unpaired) electrons. The maximum atomic E-state index is 11.5. The van der Waals surface area contributed by atoms with Gasteiger partial charge in [-0.15, -0.1) is 0 Å². The Kier molecular flexibility index (Phi) is 4.20. The minimum absolute atomic E-state index is 0.0343. The summed E-state index contributed by atoms with van der Waals surface area (Å²) < 4.78 is 5.53. The number of fused-ring (bicyclic) bond motifs is 1. The Balaban J connectivity index is 1.96. The SMILES string of the molecule is CCCNC(=O)COc1cccc2c1CCC2O. The fraction of sp³-hybridized carbons (Fsp3) is 0.500. The van der Waals surface area contributed by atoms with Gasteiger partial charge in [-0.3, -0.25) is 4.79 Å². The third-order valence-corrected chi connectivity index (χ3v) is 3.13. The highest BCUT2D eigenvalue weighted by Gasteiger charge is 2.23. The molecule has 1 aromatic rings. The van der Waals surface area contributed by atoms with E-state index in [1.54, 1.807) is 0 Å². The maximum Gasteiger partial charge on any atom is 0.257 e. The molecule has 98 valence electrons. The molecule has 0 spiro atoms. The molecule has 0 fully saturated rings. The van der Waals surface area contributed by atoms with E-state index >= 15 is 0 Å². The van der Waals surface area contributed by atoms with Crippen molar-refractivity contribution in [1.82, 2.24) is 5.32 Å². The summed E-state index contributed by atoms with van der Waals surface area (Å²) in [6.07, 6.45) is 2.07. The zero-order chi connectivity index (χ0) is 13.0. The number of carbonyl (C=O) groups excluding carboxylic acids is 1. The Morgan fingerprint density at radius 3 is 3.17 bits per heavy atom. The molecule has 1 atom stereocenters. The molecule has 4 heteroatoms. The van der Waals surface area contributed by atoms with Gasteiger partial charge in [0.05, 0.1) is 6.10 Å². The smallest absolute Gasteiger partial charge is 0.257 e. The molecule has 1 amide bonds. The standard InChI is InChI=1S/C14H19NO3/c1-2-8-15-14(17)9-18-13-5-3-4-10-11(13)6-7-12(10)16/h3-5,12,16H,2,6-9H2,1H3,(H,15,17). The molecule has 0 aliphatic heterocycles. The summed E-state index contributed by atoms with van der Waals surface area (Å²) in [4.78, 5) is 11.5. The first kappa shape index (κ1) is 12.9.